The molecule has 2 aliphatic rings. The van der Waals surface area contributed by atoms with E-state index in [2.05, 4.69) is 32.5 Å². The topological polar surface area (TPSA) is 77.7 Å². The molecule has 3 rings (SSSR count). The number of aromatic nitrogens is 1. The van der Waals surface area contributed by atoms with Gasteiger partial charge in [0.25, 0.3) is 0 Å². The van der Waals surface area contributed by atoms with Crippen molar-refractivity contribution in [2.24, 2.45) is 5.73 Å². The lowest BCUT2D eigenvalue weighted by molar-refractivity contribution is 0.114. The summed E-state index contributed by atoms with van der Waals surface area (Å²) in [5.41, 5.74) is 5.05. The Labute approximate surface area is 118 Å². The predicted molar refractivity (Wildman–Crippen MR) is 72.7 cm³/mol. The number of halogens is 1. The highest BCUT2D eigenvalue weighted by molar-refractivity contribution is 14.1. The zero-order chi connectivity index (χ0) is 12.7. The van der Waals surface area contributed by atoms with Crippen molar-refractivity contribution in [2.45, 2.75) is 18.6 Å². The van der Waals surface area contributed by atoms with E-state index in [1.165, 1.54) is 0 Å². The molecular weight excluding hydrogens is 349 g/mol. The summed E-state index contributed by atoms with van der Waals surface area (Å²) < 4.78 is 11.8. The first-order valence-corrected chi connectivity index (χ1v) is 6.73. The molecule has 1 fully saturated rings. The molecule has 0 bridgehead atoms. The highest BCUT2D eigenvalue weighted by atomic mass is 127. The molecule has 1 aromatic rings. The zero-order valence-corrected chi connectivity index (χ0v) is 11.7. The molecule has 3 heterocycles. The number of anilines is 1. The Kier molecular flexibility index (Phi) is 2.92. The highest BCUT2D eigenvalue weighted by Gasteiger charge is 2.39. The summed E-state index contributed by atoms with van der Waals surface area (Å²) in [4.78, 5) is 17.3. The van der Waals surface area contributed by atoms with Crippen molar-refractivity contribution in [2.75, 3.05) is 18.1 Å². The highest BCUT2D eigenvalue weighted by Crippen LogP contribution is 2.39. The SMILES string of the molecule is NC(=O)O[C@H]1C[C@H]2COc3c(I)ccnc3N2C1. The molecule has 1 amide bonds. The maximum atomic E-state index is 10.8. The van der Waals surface area contributed by atoms with Crippen LogP contribution in [0.5, 0.6) is 5.75 Å². The van der Waals surface area contributed by atoms with Gasteiger partial charge in [-0.05, 0) is 28.7 Å². The smallest absolute Gasteiger partial charge is 0.404 e. The van der Waals surface area contributed by atoms with Gasteiger partial charge in [0.05, 0.1) is 16.2 Å². The van der Waals surface area contributed by atoms with Crippen LogP contribution in [0, 0.1) is 3.57 Å². The van der Waals surface area contributed by atoms with Crippen LogP contribution in [0.2, 0.25) is 0 Å². The van der Waals surface area contributed by atoms with Gasteiger partial charge in [-0.3, -0.25) is 0 Å². The zero-order valence-electron chi connectivity index (χ0n) is 9.51. The molecule has 0 saturated carbocycles. The Morgan fingerprint density at radius 3 is 3.28 bits per heavy atom. The van der Waals surface area contributed by atoms with Crippen molar-refractivity contribution in [3.05, 3.63) is 15.8 Å². The van der Waals surface area contributed by atoms with Crippen molar-refractivity contribution < 1.29 is 14.3 Å². The fraction of sp³-hybridized carbons (Fsp3) is 0.455. The lowest BCUT2D eigenvalue weighted by Gasteiger charge is -2.32. The summed E-state index contributed by atoms with van der Waals surface area (Å²) in [5, 5.41) is 0. The normalized spacial score (nSPS) is 25.1. The number of amides is 1. The average molecular weight is 361 g/mol. The summed E-state index contributed by atoms with van der Waals surface area (Å²) in [6.45, 7) is 1.21. The van der Waals surface area contributed by atoms with E-state index < -0.39 is 6.09 Å². The lowest BCUT2D eigenvalue weighted by atomic mass is 10.2. The van der Waals surface area contributed by atoms with Gasteiger partial charge in [0.2, 0.25) is 0 Å². The molecule has 0 radical (unpaired) electrons. The maximum Gasteiger partial charge on any atom is 0.404 e. The second-order valence-electron chi connectivity index (χ2n) is 4.36. The van der Waals surface area contributed by atoms with E-state index in [0.29, 0.717) is 13.2 Å². The van der Waals surface area contributed by atoms with E-state index >= 15 is 0 Å². The summed E-state index contributed by atoms with van der Waals surface area (Å²) >= 11 is 2.23. The molecule has 0 unspecified atom stereocenters. The van der Waals surface area contributed by atoms with E-state index in [1.54, 1.807) is 6.20 Å². The van der Waals surface area contributed by atoms with Gasteiger partial charge < -0.3 is 20.1 Å². The third-order valence-corrected chi connectivity index (χ3v) is 4.04. The molecule has 0 aliphatic carbocycles. The monoisotopic (exact) mass is 361 g/mol. The van der Waals surface area contributed by atoms with Crippen LogP contribution in [0.1, 0.15) is 6.42 Å². The summed E-state index contributed by atoms with van der Waals surface area (Å²) in [5.74, 6) is 1.64. The van der Waals surface area contributed by atoms with Crippen LogP contribution in [0.15, 0.2) is 12.3 Å². The van der Waals surface area contributed by atoms with Gasteiger partial charge in [0.15, 0.2) is 11.6 Å². The van der Waals surface area contributed by atoms with Crippen LogP contribution in [-0.2, 0) is 4.74 Å². The van der Waals surface area contributed by atoms with Crippen LogP contribution in [0.25, 0.3) is 0 Å². The van der Waals surface area contributed by atoms with Crippen LogP contribution in [-0.4, -0.2) is 36.4 Å². The second kappa shape index (κ2) is 4.45. The predicted octanol–water partition coefficient (Wildman–Crippen LogP) is 1.12. The van der Waals surface area contributed by atoms with Gasteiger partial charge in [-0.15, -0.1) is 0 Å². The Morgan fingerprint density at radius 1 is 1.67 bits per heavy atom. The molecule has 6 nitrogen and oxygen atoms in total. The third-order valence-electron chi connectivity index (χ3n) is 3.19. The number of hydrogen-bond acceptors (Lipinski definition) is 5. The molecular formula is C11H12IN3O3. The first-order valence-electron chi connectivity index (χ1n) is 5.65. The van der Waals surface area contributed by atoms with Crippen LogP contribution in [0.4, 0.5) is 10.6 Å². The standard InChI is InChI=1S/C11H12IN3O3/c12-8-1-2-14-10-9(8)17-5-6-3-7(4-15(6)10)18-11(13)16/h1-2,6-7H,3-5H2,(H2,13,16)/t6-,7-/m0/s1. The summed E-state index contributed by atoms with van der Waals surface area (Å²) in [6, 6.07) is 2.11. The van der Waals surface area contributed by atoms with E-state index in [4.69, 9.17) is 15.2 Å². The van der Waals surface area contributed by atoms with Gasteiger partial charge in [-0.2, -0.15) is 0 Å². The largest absolute Gasteiger partial charge is 0.486 e. The van der Waals surface area contributed by atoms with Crippen LogP contribution < -0.4 is 15.4 Å². The van der Waals surface area contributed by atoms with Crippen molar-refractivity contribution in [3.63, 3.8) is 0 Å². The number of ether oxygens (including phenoxy) is 2. The quantitative estimate of drug-likeness (QED) is 0.759. The molecule has 0 aromatic carbocycles. The number of nitrogens with zero attached hydrogens (tertiary/aromatic N) is 2. The van der Waals surface area contributed by atoms with Crippen molar-refractivity contribution >= 4 is 34.5 Å². The number of pyridine rings is 1. The molecule has 1 saturated heterocycles. The first-order chi connectivity index (χ1) is 8.65. The third kappa shape index (κ3) is 1.96. The number of fused-ring (bicyclic) bond motifs is 3. The minimum atomic E-state index is -0.725. The van der Waals surface area contributed by atoms with Gasteiger partial charge >= 0.3 is 6.09 Å². The minimum Gasteiger partial charge on any atom is -0.486 e. The number of primary amides is 1. The van der Waals surface area contributed by atoms with Crippen molar-refractivity contribution in [3.8, 4) is 5.75 Å². The number of carbonyl (C=O) groups is 1. The molecule has 2 N–H and O–H groups in total. The van der Waals surface area contributed by atoms with Gasteiger partial charge in [-0.25, -0.2) is 9.78 Å². The fourth-order valence-electron chi connectivity index (χ4n) is 2.47. The lowest BCUT2D eigenvalue weighted by Crippen LogP contribution is -2.39. The molecule has 7 heteroatoms. The summed E-state index contributed by atoms with van der Waals surface area (Å²) in [7, 11) is 0. The van der Waals surface area contributed by atoms with Gasteiger partial charge in [-0.1, -0.05) is 0 Å². The number of carbonyl (C=O) groups excluding carboxylic acids is 1. The molecule has 1 aromatic heterocycles. The molecule has 2 atom stereocenters. The summed E-state index contributed by atoms with van der Waals surface area (Å²) in [6.07, 6.45) is 1.59. The van der Waals surface area contributed by atoms with E-state index in [9.17, 15) is 4.79 Å². The fourth-order valence-corrected chi connectivity index (χ4v) is 3.03. The molecule has 96 valence electrons. The Hall–Kier alpha value is -1.25. The first kappa shape index (κ1) is 11.8. The van der Waals surface area contributed by atoms with Gasteiger partial charge in [0.1, 0.15) is 12.7 Å². The van der Waals surface area contributed by atoms with E-state index in [-0.39, 0.29) is 12.1 Å². The Bertz CT molecular complexity index is 496. The Balaban J connectivity index is 1.86. The van der Waals surface area contributed by atoms with Crippen molar-refractivity contribution in [1.29, 1.82) is 0 Å². The van der Waals surface area contributed by atoms with E-state index in [0.717, 1.165) is 21.6 Å². The number of nitrogens with two attached hydrogens (primary N) is 1. The maximum absolute atomic E-state index is 10.8. The molecule has 2 aliphatic heterocycles. The van der Waals surface area contributed by atoms with Crippen molar-refractivity contribution in [1.82, 2.24) is 4.98 Å². The average Bonchev–Trinajstić information content (AvgIpc) is 2.71. The van der Waals surface area contributed by atoms with E-state index in [1.807, 2.05) is 6.07 Å². The number of hydrogen-bond donors (Lipinski definition) is 1. The molecule has 0 spiro atoms. The molecule has 18 heavy (non-hydrogen) atoms. The second-order valence-corrected chi connectivity index (χ2v) is 5.52. The Morgan fingerprint density at radius 2 is 2.50 bits per heavy atom. The van der Waals surface area contributed by atoms with Crippen LogP contribution >= 0.6 is 22.6 Å². The minimum absolute atomic E-state index is 0.179. The van der Waals surface area contributed by atoms with Gasteiger partial charge in [0, 0.05) is 12.6 Å². The number of rotatable bonds is 1. The van der Waals surface area contributed by atoms with Crippen LogP contribution in [0.3, 0.4) is 0 Å².